The van der Waals surface area contributed by atoms with Gasteiger partial charge in [0.2, 0.25) is 0 Å². The highest BCUT2D eigenvalue weighted by molar-refractivity contribution is 5.69. The molecule has 1 N–H and O–H groups in total. The minimum atomic E-state index is -0.841. The fraction of sp³-hybridized carbons (Fsp3) is 0.391. The lowest BCUT2D eigenvalue weighted by molar-refractivity contribution is -0.138. The van der Waals surface area contributed by atoms with E-state index in [-0.39, 0.29) is 18.4 Å². The number of aromatic nitrogens is 5. The molecule has 5 rings (SSSR count). The summed E-state index contributed by atoms with van der Waals surface area (Å²) in [6, 6.07) is 4.56. The normalized spacial score (nSPS) is 18.6. The van der Waals surface area contributed by atoms with Crippen LogP contribution in [0.1, 0.15) is 24.2 Å². The lowest BCUT2D eigenvalue weighted by atomic mass is 9.99. The highest BCUT2D eigenvalue weighted by Gasteiger charge is 2.28. The highest BCUT2D eigenvalue weighted by atomic mass is 19.1. The Bertz CT molecular complexity index is 1190. The van der Waals surface area contributed by atoms with Crippen molar-refractivity contribution in [2.45, 2.75) is 19.4 Å². The topological polar surface area (TPSA) is 111 Å². The summed E-state index contributed by atoms with van der Waals surface area (Å²) in [5.41, 5.74) is 1.91. The molecule has 0 saturated carbocycles. The van der Waals surface area contributed by atoms with Crippen molar-refractivity contribution in [3.8, 4) is 11.6 Å². The number of piperazine rings is 1. The zero-order valence-corrected chi connectivity index (χ0v) is 18.8. The van der Waals surface area contributed by atoms with Crippen molar-refractivity contribution in [1.29, 1.82) is 0 Å². The van der Waals surface area contributed by atoms with Crippen molar-refractivity contribution in [1.82, 2.24) is 29.8 Å². The van der Waals surface area contributed by atoms with E-state index in [2.05, 4.69) is 24.8 Å². The fourth-order valence-corrected chi connectivity index (χ4v) is 4.50. The summed E-state index contributed by atoms with van der Waals surface area (Å²) in [5, 5.41) is 9.00. The maximum absolute atomic E-state index is 14.6. The van der Waals surface area contributed by atoms with Gasteiger partial charge in [-0.2, -0.15) is 0 Å². The van der Waals surface area contributed by atoms with Crippen LogP contribution in [0, 0.1) is 5.82 Å². The zero-order valence-electron chi connectivity index (χ0n) is 18.8. The van der Waals surface area contributed by atoms with Crippen LogP contribution in [0.25, 0.3) is 11.6 Å². The number of halogens is 1. The third-order valence-corrected chi connectivity index (χ3v) is 6.29. The first-order valence-corrected chi connectivity index (χ1v) is 11.2. The smallest absolute Gasteiger partial charge is 0.317 e. The first-order valence-electron chi connectivity index (χ1n) is 11.2. The van der Waals surface area contributed by atoms with E-state index in [0.717, 1.165) is 11.3 Å². The largest absolute Gasteiger partial charge is 0.480 e. The molecule has 1 atom stereocenters. The summed E-state index contributed by atoms with van der Waals surface area (Å²) in [6.07, 6.45) is 5.79. The van der Waals surface area contributed by atoms with E-state index in [1.165, 1.54) is 12.1 Å². The second kappa shape index (κ2) is 9.26. The van der Waals surface area contributed by atoms with Crippen molar-refractivity contribution in [2.75, 3.05) is 49.1 Å². The molecule has 0 amide bonds. The lowest BCUT2D eigenvalue weighted by Crippen LogP contribution is -2.48. The fourth-order valence-electron chi connectivity index (χ4n) is 4.50. The van der Waals surface area contributed by atoms with Crippen molar-refractivity contribution in [3.05, 3.63) is 53.9 Å². The summed E-state index contributed by atoms with van der Waals surface area (Å²) in [7, 11) is 0. The van der Waals surface area contributed by atoms with Crippen LogP contribution in [0.3, 0.4) is 0 Å². The van der Waals surface area contributed by atoms with E-state index >= 15 is 0 Å². The minimum absolute atomic E-state index is 0.0144. The van der Waals surface area contributed by atoms with Gasteiger partial charge in [0.15, 0.2) is 11.6 Å². The van der Waals surface area contributed by atoms with E-state index in [1.54, 1.807) is 24.7 Å². The van der Waals surface area contributed by atoms with Gasteiger partial charge in [0.1, 0.15) is 17.5 Å². The van der Waals surface area contributed by atoms with E-state index < -0.39 is 5.97 Å². The van der Waals surface area contributed by atoms with E-state index in [9.17, 15) is 9.18 Å². The number of carbonyl (C=O) groups is 1. The molecule has 176 valence electrons. The van der Waals surface area contributed by atoms with Gasteiger partial charge in [-0.15, -0.1) is 0 Å². The molecule has 0 aromatic carbocycles. The van der Waals surface area contributed by atoms with Crippen molar-refractivity contribution in [2.24, 2.45) is 0 Å². The van der Waals surface area contributed by atoms with Gasteiger partial charge in [0, 0.05) is 75.4 Å². The average Bonchev–Trinajstić information content (AvgIpc) is 2.84. The van der Waals surface area contributed by atoms with Crippen molar-refractivity contribution >= 4 is 17.6 Å². The first-order chi connectivity index (χ1) is 16.5. The summed E-state index contributed by atoms with van der Waals surface area (Å²) >= 11 is 0. The Kier molecular flexibility index (Phi) is 6.01. The Morgan fingerprint density at radius 2 is 1.76 bits per heavy atom. The van der Waals surface area contributed by atoms with E-state index in [4.69, 9.17) is 10.1 Å². The third kappa shape index (κ3) is 4.51. The number of rotatable bonds is 5. The number of fused-ring (bicyclic) bond motifs is 1. The molecule has 1 unspecified atom stereocenters. The number of carboxylic acids is 1. The molecule has 2 aliphatic heterocycles. The maximum atomic E-state index is 14.6. The van der Waals surface area contributed by atoms with Gasteiger partial charge in [-0.3, -0.25) is 9.69 Å². The van der Waals surface area contributed by atoms with Gasteiger partial charge < -0.3 is 14.9 Å². The van der Waals surface area contributed by atoms with E-state index in [1.807, 2.05) is 16.7 Å². The number of anilines is 2. The van der Waals surface area contributed by atoms with Crippen LogP contribution in [0.5, 0.6) is 0 Å². The van der Waals surface area contributed by atoms with Crippen LogP contribution in [0.2, 0.25) is 0 Å². The highest BCUT2D eigenvalue weighted by Crippen LogP contribution is 2.33. The molecule has 3 aromatic heterocycles. The quantitative estimate of drug-likeness (QED) is 0.600. The van der Waals surface area contributed by atoms with Crippen LogP contribution in [0.15, 0.2) is 36.8 Å². The molecule has 1 saturated heterocycles. The summed E-state index contributed by atoms with van der Waals surface area (Å²) in [6.45, 7) is 5.08. The van der Waals surface area contributed by atoms with Gasteiger partial charge in [-0.25, -0.2) is 29.3 Å². The predicted molar refractivity (Wildman–Crippen MR) is 123 cm³/mol. The van der Waals surface area contributed by atoms with Gasteiger partial charge in [0.05, 0.1) is 18.3 Å². The van der Waals surface area contributed by atoms with Crippen LogP contribution < -0.4 is 9.80 Å². The molecular formula is C23H25FN8O2. The van der Waals surface area contributed by atoms with Gasteiger partial charge >= 0.3 is 5.97 Å². The predicted octanol–water partition coefficient (Wildman–Crippen LogP) is 1.80. The Balaban J connectivity index is 1.35. The molecule has 34 heavy (non-hydrogen) atoms. The summed E-state index contributed by atoms with van der Waals surface area (Å²) in [5.74, 6) is 0.922. The Morgan fingerprint density at radius 1 is 1.03 bits per heavy atom. The lowest BCUT2D eigenvalue weighted by Gasteiger charge is -2.37. The van der Waals surface area contributed by atoms with Crippen molar-refractivity contribution < 1.29 is 14.3 Å². The number of carboxylic acid groups (broad SMARTS) is 1. The molecular weight excluding hydrogens is 439 g/mol. The van der Waals surface area contributed by atoms with Crippen LogP contribution in [-0.2, 0) is 11.2 Å². The molecule has 2 aliphatic rings. The minimum Gasteiger partial charge on any atom is -0.480 e. The molecule has 0 bridgehead atoms. The van der Waals surface area contributed by atoms with Gasteiger partial charge in [-0.05, 0) is 13.0 Å². The van der Waals surface area contributed by atoms with E-state index in [0.29, 0.717) is 62.4 Å². The maximum Gasteiger partial charge on any atom is 0.317 e. The molecule has 3 aromatic rings. The summed E-state index contributed by atoms with van der Waals surface area (Å²) < 4.78 is 14.6. The number of aliphatic carboxylic acids is 1. The SMILES string of the molecule is CC1c2cnc(-c3ncccn3)nc2CCN1c1cc(F)cc(N2CCN(CC(=O)O)CC2)n1. The number of hydrogen-bond donors (Lipinski definition) is 1. The van der Waals surface area contributed by atoms with Crippen LogP contribution in [0.4, 0.5) is 16.0 Å². The van der Waals surface area contributed by atoms with Crippen molar-refractivity contribution in [3.63, 3.8) is 0 Å². The second-order valence-corrected chi connectivity index (χ2v) is 8.45. The summed E-state index contributed by atoms with van der Waals surface area (Å²) in [4.78, 5) is 39.3. The molecule has 10 nitrogen and oxygen atoms in total. The Hall–Kier alpha value is -3.73. The van der Waals surface area contributed by atoms with Gasteiger partial charge in [-0.1, -0.05) is 0 Å². The molecule has 5 heterocycles. The van der Waals surface area contributed by atoms with Crippen LogP contribution in [-0.4, -0.2) is 80.2 Å². The molecule has 0 aliphatic carbocycles. The molecule has 11 heteroatoms. The monoisotopic (exact) mass is 464 g/mol. The zero-order chi connectivity index (χ0) is 23.7. The Labute approximate surface area is 196 Å². The molecule has 0 spiro atoms. The Morgan fingerprint density at radius 3 is 2.50 bits per heavy atom. The molecule has 1 fully saturated rings. The second-order valence-electron chi connectivity index (χ2n) is 8.45. The van der Waals surface area contributed by atoms with Crippen LogP contribution >= 0.6 is 0 Å². The number of pyridine rings is 1. The third-order valence-electron chi connectivity index (χ3n) is 6.29. The standard InChI is InChI=1S/C23H25FN8O2/c1-15-17-13-27-23(22-25-4-2-5-26-22)28-18(17)3-6-32(15)20-12-16(24)11-19(29-20)31-9-7-30(8-10-31)14-21(33)34/h2,4-5,11-13,15H,3,6-10,14H2,1H3,(H,33,34). The number of hydrogen-bond acceptors (Lipinski definition) is 9. The van der Waals surface area contributed by atoms with Gasteiger partial charge in [0.25, 0.3) is 0 Å². The first kappa shape index (κ1) is 22.1. The number of nitrogens with zero attached hydrogens (tertiary/aromatic N) is 8. The molecule has 0 radical (unpaired) electrons. The average molecular weight is 465 g/mol.